The summed E-state index contributed by atoms with van der Waals surface area (Å²) >= 11 is 0. The number of halogens is 1. The molecule has 0 bridgehead atoms. The van der Waals surface area contributed by atoms with Gasteiger partial charge in [-0.1, -0.05) is 23.8 Å². The first-order chi connectivity index (χ1) is 10.0. The Morgan fingerprint density at radius 2 is 2.10 bits per heavy atom. The van der Waals surface area contributed by atoms with E-state index in [1.165, 1.54) is 6.07 Å². The van der Waals surface area contributed by atoms with Crippen LogP contribution in [0.2, 0.25) is 0 Å². The van der Waals surface area contributed by atoms with Gasteiger partial charge in [0.15, 0.2) is 6.61 Å². The number of carbonyl (C=O) groups excluding carboxylic acids is 1. The van der Waals surface area contributed by atoms with Crippen molar-refractivity contribution in [3.63, 3.8) is 0 Å². The summed E-state index contributed by atoms with van der Waals surface area (Å²) in [5.74, 6) is -0.243. The summed E-state index contributed by atoms with van der Waals surface area (Å²) in [6.45, 7) is 2.12. The lowest BCUT2D eigenvalue weighted by Crippen LogP contribution is -2.20. The minimum Gasteiger partial charge on any atom is -0.484 e. The second-order valence-corrected chi connectivity index (χ2v) is 4.73. The summed E-state index contributed by atoms with van der Waals surface area (Å²) in [4.78, 5) is 10.7. The molecule has 0 radical (unpaired) electrons. The third-order valence-electron chi connectivity index (χ3n) is 2.90. The smallest absolute Gasteiger partial charge is 0.255 e. The summed E-state index contributed by atoms with van der Waals surface area (Å²) in [5.41, 5.74) is 7.40. The number of amides is 1. The number of nitrogens with two attached hydrogens (primary N) is 1. The second kappa shape index (κ2) is 6.74. The molecule has 0 spiro atoms. The average Bonchev–Trinajstić information content (AvgIpc) is 2.46. The van der Waals surface area contributed by atoms with Gasteiger partial charge in [0.2, 0.25) is 0 Å². The molecule has 2 rings (SSSR count). The predicted molar refractivity (Wildman–Crippen MR) is 79.6 cm³/mol. The van der Waals surface area contributed by atoms with Crippen molar-refractivity contribution in [3.8, 4) is 5.75 Å². The lowest BCUT2D eigenvalue weighted by molar-refractivity contribution is -0.119. The molecular weight excluding hydrogens is 271 g/mol. The molecule has 0 saturated carbocycles. The normalized spacial score (nSPS) is 10.2. The molecule has 0 aliphatic carbocycles. The van der Waals surface area contributed by atoms with Crippen molar-refractivity contribution in [1.82, 2.24) is 0 Å². The minimum atomic E-state index is -0.532. The first-order valence-electron chi connectivity index (χ1n) is 6.54. The Bertz CT molecular complexity index is 644. The quantitative estimate of drug-likeness (QED) is 0.858. The molecule has 0 aliphatic heterocycles. The number of hydrogen-bond donors (Lipinski definition) is 2. The van der Waals surface area contributed by atoms with Gasteiger partial charge in [-0.05, 0) is 25.1 Å². The van der Waals surface area contributed by atoms with E-state index < -0.39 is 5.91 Å². The van der Waals surface area contributed by atoms with Gasteiger partial charge in [0.1, 0.15) is 11.6 Å². The molecule has 2 aromatic rings. The zero-order valence-electron chi connectivity index (χ0n) is 11.7. The lowest BCUT2D eigenvalue weighted by Gasteiger charge is -2.10. The van der Waals surface area contributed by atoms with Crippen LogP contribution in [0.25, 0.3) is 0 Å². The van der Waals surface area contributed by atoms with Crippen molar-refractivity contribution >= 4 is 11.6 Å². The number of rotatable bonds is 6. The Hall–Kier alpha value is -2.56. The van der Waals surface area contributed by atoms with Crippen LogP contribution in [0, 0.1) is 12.7 Å². The topological polar surface area (TPSA) is 64.3 Å². The van der Waals surface area contributed by atoms with Gasteiger partial charge in [-0.25, -0.2) is 4.39 Å². The van der Waals surface area contributed by atoms with E-state index >= 15 is 0 Å². The molecule has 21 heavy (non-hydrogen) atoms. The lowest BCUT2D eigenvalue weighted by atomic mass is 10.1. The zero-order chi connectivity index (χ0) is 15.2. The predicted octanol–water partition coefficient (Wildman–Crippen LogP) is 2.61. The number of aryl methyl sites for hydroxylation is 1. The fourth-order valence-corrected chi connectivity index (χ4v) is 1.89. The summed E-state index contributed by atoms with van der Waals surface area (Å²) in [6, 6.07) is 12.1. The van der Waals surface area contributed by atoms with E-state index in [1.54, 1.807) is 30.3 Å². The summed E-state index contributed by atoms with van der Waals surface area (Å²) < 4.78 is 18.9. The third kappa shape index (κ3) is 4.49. The zero-order valence-corrected chi connectivity index (χ0v) is 11.7. The van der Waals surface area contributed by atoms with E-state index in [0.29, 0.717) is 17.9 Å². The standard InChI is InChI=1S/C16H17FN2O2/c1-11-5-6-15(17)12(7-11)9-19-13-3-2-4-14(8-13)21-10-16(18)20/h2-8,19H,9-10H2,1H3,(H2,18,20). The fraction of sp³-hybridized carbons (Fsp3) is 0.188. The van der Waals surface area contributed by atoms with Crippen LogP contribution in [0.1, 0.15) is 11.1 Å². The molecule has 0 fully saturated rings. The van der Waals surface area contributed by atoms with E-state index in [4.69, 9.17) is 10.5 Å². The van der Waals surface area contributed by atoms with Crippen LogP contribution in [0.15, 0.2) is 42.5 Å². The number of ether oxygens (including phenoxy) is 1. The number of hydrogen-bond acceptors (Lipinski definition) is 3. The van der Waals surface area contributed by atoms with Crippen molar-refractivity contribution in [1.29, 1.82) is 0 Å². The van der Waals surface area contributed by atoms with Gasteiger partial charge in [-0.3, -0.25) is 4.79 Å². The minimum absolute atomic E-state index is 0.171. The van der Waals surface area contributed by atoms with Crippen molar-refractivity contribution in [2.45, 2.75) is 13.5 Å². The highest BCUT2D eigenvalue weighted by molar-refractivity contribution is 5.75. The van der Waals surface area contributed by atoms with Crippen LogP contribution in [0.3, 0.4) is 0 Å². The number of benzene rings is 2. The van der Waals surface area contributed by atoms with Crippen LogP contribution < -0.4 is 15.8 Å². The van der Waals surface area contributed by atoms with Crippen molar-refractivity contribution < 1.29 is 13.9 Å². The highest BCUT2D eigenvalue weighted by Crippen LogP contribution is 2.19. The number of anilines is 1. The molecule has 2 aromatic carbocycles. The molecule has 4 nitrogen and oxygen atoms in total. The largest absolute Gasteiger partial charge is 0.484 e. The summed E-state index contributed by atoms with van der Waals surface area (Å²) in [7, 11) is 0. The van der Waals surface area contributed by atoms with Crippen LogP contribution >= 0.6 is 0 Å². The molecule has 3 N–H and O–H groups in total. The molecule has 5 heteroatoms. The van der Waals surface area contributed by atoms with Gasteiger partial charge in [-0.2, -0.15) is 0 Å². The van der Waals surface area contributed by atoms with Crippen LogP contribution in [0.5, 0.6) is 5.75 Å². The van der Waals surface area contributed by atoms with Gasteiger partial charge >= 0.3 is 0 Å². The molecule has 110 valence electrons. The highest BCUT2D eigenvalue weighted by Gasteiger charge is 2.03. The Morgan fingerprint density at radius 1 is 1.29 bits per heavy atom. The van der Waals surface area contributed by atoms with Crippen LogP contribution in [-0.4, -0.2) is 12.5 Å². The molecule has 0 atom stereocenters. The van der Waals surface area contributed by atoms with E-state index in [0.717, 1.165) is 11.3 Å². The average molecular weight is 288 g/mol. The fourth-order valence-electron chi connectivity index (χ4n) is 1.89. The molecule has 0 unspecified atom stereocenters. The van der Waals surface area contributed by atoms with Crippen LogP contribution in [-0.2, 0) is 11.3 Å². The number of carbonyl (C=O) groups is 1. The third-order valence-corrected chi connectivity index (χ3v) is 2.90. The van der Waals surface area contributed by atoms with Crippen molar-refractivity contribution in [2.75, 3.05) is 11.9 Å². The van der Waals surface area contributed by atoms with Gasteiger partial charge in [0.05, 0.1) is 0 Å². The van der Waals surface area contributed by atoms with Crippen LogP contribution in [0.4, 0.5) is 10.1 Å². The van der Waals surface area contributed by atoms with Crippen molar-refractivity contribution in [2.24, 2.45) is 5.73 Å². The first kappa shape index (κ1) is 14.8. The monoisotopic (exact) mass is 288 g/mol. The summed E-state index contributed by atoms with van der Waals surface area (Å²) in [5, 5.41) is 3.12. The molecule has 0 heterocycles. The summed E-state index contributed by atoms with van der Waals surface area (Å²) in [6.07, 6.45) is 0. The van der Waals surface area contributed by atoms with Gasteiger partial charge < -0.3 is 15.8 Å². The Kier molecular flexibility index (Phi) is 4.77. The maximum absolute atomic E-state index is 13.6. The maximum atomic E-state index is 13.6. The molecule has 1 amide bonds. The maximum Gasteiger partial charge on any atom is 0.255 e. The molecule has 0 saturated heterocycles. The molecular formula is C16H17FN2O2. The Labute approximate surface area is 122 Å². The SMILES string of the molecule is Cc1ccc(F)c(CNc2cccc(OCC(N)=O)c2)c1. The van der Waals surface area contributed by atoms with E-state index in [2.05, 4.69) is 5.32 Å². The van der Waals surface area contributed by atoms with Crippen molar-refractivity contribution in [3.05, 3.63) is 59.4 Å². The van der Waals surface area contributed by atoms with Gasteiger partial charge in [0.25, 0.3) is 5.91 Å². The highest BCUT2D eigenvalue weighted by atomic mass is 19.1. The van der Waals surface area contributed by atoms with E-state index in [-0.39, 0.29) is 12.4 Å². The van der Waals surface area contributed by atoms with Gasteiger partial charge in [-0.15, -0.1) is 0 Å². The van der Waals surface area contributed by atoms with E-state index in [9.17, 15) is 9.18 Å². The second-order valence-electron chi connectivity index (χ2n) is 4.73. The molecule has 0 aromatic heterocycles. The number of primary amides is 1. The first-order valence-corrected chi connectivity index (χ1v) is 6.54. The van der Waals surface area contributed by atoms with Gasteiger partial charge in [0, 0.05) is 23.9 Å². The Morgan fingerprint density at radius 3 is 2.86 bits per heavy atom. The number of nitrogens with one attached hydrogen (secondary N) is 1. The molecule has 0 aliphatic rings. The van der Waals surface area contributed by atoms with E-state index in [1.807, 2.05) is 13.0 Å². The Balaban J connectivity index is 2.01.